The predicted molar refractivity (Wildman–Crippen MR) is 212 cm³/mol. The lowest BCUT2D eigenvalue weighted by Crippen LogP contribution is -2.72. The Morgan fingerprint density at radius 3 is 1.51 bits per heavy atom. The molecule has 7 aromatic carbocycles. The number of rotatable bonds is 5. The first-order chi connectivity index (χ1) is 24.0. The van der Waals surface area contributed by atoms with Crippen LogP contribution in [0.2, 0.25) is 5.04 Å². The molecule has 0 saturated heterocycles. The molecule has 9 rings (SSSR count). The van der Waals surface area contributed by atoms with Gasteiger partial charge in [-0.15, -0.1) is 0 Å². The molecule has 0 radical (unpaired) electrons. The molecule has 0 aliphatic carbocycles. The highest BCUT2D eigenvalue weighted by atomic mass is 28.3. The smallest absolute Gasteiger partial charge is 0.154 e. The van der Waals surface area contributed by atoms with Crippen LogP contribution in [0.15, 0.2) is 176 Å². The van der Waals surface area contributed by atoms with Crippen LogP contribution in [0.1, 0.15) is 20.8 Å². The minimum absolute atomic E-state index is 0.0251. The van der Waals surface area contributed by atoms with Gasteiger partial charge in [-0.1, -0.05) is 154 Å². The average molecular weight is 647 g/mol. The molecule has 0 N–H and O–H groups in total. The van der Waals surface area contributed by atoms with Crippen molar-refractivity contribution >= 4 is 67.2 Å². The van der Waals surface area contributed by atoms with Crippen LogP contribution < -0.4 is 15.6 Å². The van der Waals surface area contributed by atoms with E-state index in [1.807, 2.05) is 0 Å². The van der Waals surface area contributed by atoms with Crippen molar-refractivity contribution in [2.24, 2.45) is 0 Å². The number of fused-ring (bicyclic) bond motifs is 6. The highest BCUT2D eigenvalue weighted by molar-refractivity contribution is 7.14. The van der Waals surface area contributed by atoms with Gasteiger partial charge in [-0.05, 0) is 63.1 Å². The van der Waals surface area contributed by atoms with Crippen LogP contribution in [0.3, 0.4) is 0 Å². The molecule has 2 nitrogen and oxygen atoms in total. The number of aromatic nitrogens is 2. The van der Waals surface area contributed by atoms with Crippen molar-refractivity contribution in [1.29, 1.82) is 0 Å². The third kappa shape index (κ3) is 4.32. The number of nitrogens with zero attached hydrogens (tertiary/aromatic N) is 2. The van der Waals surface area contributed by atoms with E-state index < -0.39 is 8.07 Å². The highest BCUT2D eigenvalue weighted by Crippen LogP contribution is 2.41. The maximum absolute atomic E-state index is 2.63. The third-order valence-corrected chi connectivity index (χ3v) is 16.4. The molecule has 236 valence electrons. The summed E-state index contributed by atoms with van der Waals surface area (Å²) in [5.41, 5.74) is 7.23. The summed E-state index contributed by atoms with van der Waals surface area (Å²) in [6.07, 6.45) is 0. The number of hydrogen-bond acceptors (Lipinski definition) is 0. The first-order valence-corrected chi connectivity index (χ1v) is 19.2. The Morgan fingerprint density at radius 1 is 0.388 bits per heavy atom. The molecular weight excluding hydrogens is 609 g/mol. The van der Waals surface area contributed by atoms with E-state index in [9.17, 15) is 0 Å². The fourth-order valence-corrected chi connectivity index (χ4v) is 14.6. The summed E-state index contributed by atoms with van der Waals surface area (Å²) in [4.78, 5) is 0. The standard InChI is InChI=1S/C46H38N2Si/c1-46(2,3)49(35-20-9-5-10-21-35,36-22-11-6-12-23-36)44-29-17-28-42-45(44)39-25-14-16-27-41(39)48(42)34-30-31-38-37-24-13-15-26-40(37)47(43(38)32-34)33-18-7-4-8-19-33/h4-32H,1-3H3. The largest absolute Gasteiger partial charge is 0.309 e. The number of para-hydroxylation sites is 3. The van der Waals surface area contributed by atoms with Crippen LogP contribution in [0, 0.1) is 0 Å². The van der Waals surface area contributed by atoms with Crippen LogP contribution in [-0.2, 0) is 0 Å². The summed E-state index contributed by atoms with van der Waals surface area (Å²) in [5, 5.41) is 9.49. The van der Waals surface area contributed by atoms with Crippen LogP contribution in [0.4, 0.5) is 0 Å². The van der Waals surface area contributed by atoms with Crippen LogP contribution in [-0.4, -0.2) is 17.2 Å². The van der Waals surface area contributed by atoms with E-state index in [-0.39, 0.29) is 5.04 Å². The Bertz CT molecular complexity index is 2590. The van der Waals surface area contributed by atoms with Crippen molar-refractivity contribution in [3.63, 3.8) is 0 Å². The first-order valence-electron chi connectivity index (χ1n) is 17.2. The lowest BCUT2D eigenvalue weighted by atomic mass is 10.1. The van der Waals surface area contributed by atoms with Crippen molar-refractivity contribution in [1.82, 2.24) is 9.13 Å². The van der Waals surface area contributed by atoms with Crippen molar-refractivity contribution in [3.05, 3.63) is 176 Å². The summed E-state index contributed by atoms with van der Waals surface area (Å²) in [6.45, 7) is 7.36. The van der Waals surface area contributed by atoms with E-state index >= 15 is 0 Å². The second-order valence-corrected chi connectivity index (χ2v) is 18.9. The molecule has 0 aliphatic heterocycles. The van der Waals surface area contributed by atoms with E-state index in [1.165, 1.54) is 70.5 Å². The van der Waals surface area contributed by atoms with Gasteiger partial charge in [-0.3, -0.25) is 0 Å². The lowest BCUT2D eigenvalue weighted by molar-refractivity contribution is 0.740. The monoisotopic (exact) mass is 646 g/mol. The van der Waals surface area contributed by atoms with E-state index in [4.69, 9.17) is 0 Å². The maximum Gasteiger partial charge on any atom is 0.154 e. The third-order valence-electron chi connectivity index (χ3n) is 10.6. The molecule has 3 heteroatoms. The van der Waals surface area contributed by atoms with Gasteiger partial charge in [0.2, 0.25) is 0 Å². The zero-order valence-electron chi connectivity index (χ0n) is 28.1. The molecule has 0 atom stereocenters. The maximum atomic E-state index is 2.50. The minimum atomic E-state index is -2.63. The Labute approximate surface area is 288 Å². The molecule has 0 fully saturated rings. The van der Waals surface area contributed by atoms with E-state index in [2.05, 4.69) is 206 Å². The summed E-state index contributed by atoms with van der Waals surface area (Å²) in [7, 11) is -2.63. The Balaban J connectivity index is 1.40. The van der Waals surface area contributed by atoms with Crippen molar-refractivity contribution in [3.8, 4) is 11.4 Å². The second-order valence-electron chi connectivity index (χ2n) is 14.2. The Morgan fingerprint density at radius 2 is 0.878 bits per heavy atom. The van der Waals surface area contributed by atoms with Gasteiger partial charge in [-0.2, -0.15) is 0 Å². The minimum Gasteiger partial charge on any atom is -0.309 e. The van der Waals surface area contributed by atoms with Gasteiger partial charge in [0.15, 0.2) is 8.07 Å². The molecule has 0 bridgehead atoms. The van der Waals surface area contributed by atoms with Crippen molar-refractivity contribution in [2.45, 2.75) is 25.8 Å². The molecule has 0 saturated carbocycles. The topological polar surface area (TPSA) is 9.86 Å². The van der Waals surface area contributed by atoms with Gasteiger partial charge >= 0.3 is 0 Å². The molecule has 0 spiro atoms. The van der Waals surface area contributed by atoms with Gasteiger partial charge in [0.05, 0.1) is 22.1 Å². The summed E-state index contributed by atoms with van der Waals surface area (Å²) in [6, 6.07) is 65.3. The van der Waals surface area contributed by atoms with E-state index in [0.29, 0.717) is 0 Å². The SMILES string of the molecule is CC(C)(C)[Si](c1ccccc1)(c1ccccc1)c1cccc2c1c1ccccc1n2-c1ccc2c3ccccc3n(-c3ccccc3)c2c1. The fraction of sp³-hybridized carbons (Fsp3) is 0.0870. The highest BCUT2D eigenvalue weighted by Gasteiger charge is 2.50. The first kappa shape index (κ1) is 29.5. The second kappa shape index (κ2) is 11.2. The number of hydrogen-bond donors (Lipinski definition) is 0. The lowest BCUT2D eigenvalue weighted by Gasteiger charge is -2.45. The van der Waals surface area contributed by atoms with Gasteiger partial charge in [0.25, 0.3) is 0 Å². The zero-order chi connectivity index (χ0) is 33.2. The summed E-state index contributed by atoms with van der Waals surface area (Å²) in [5.74, 6) is 0. The van der Waals surface area contributed by atoms with Crippen LogP contribution in [0.25, 0.3) is 55.0 Å². The molecule has 49 heavy (non-hydrogen) atoms. The van der Waals surface area contributed by atoms with Gasteiger partial charge in [-0.25, -0.2) is 0 Å². The molecule has 2 aromatic heterocycles. The average Bonchev–Trinajstić information content (AvgIpc) is 3.65. The van der Waals surface area contributed by atoms with E-state index in [0.717, 1.165) is 0 Å². The molecule has 0 amide bonds. The van der Waals surface area contributed by atoms with Gasteiger partial charge in [0, 0.05) is 32.9 Å². The molecular formula is C46H38N2Si. The van der Waals surface area contributed by atoms with Gasteiger partial charge < -0.3 is 9.13 Å². The molecule has 0 unspecified atom stereocenters. The Hall–Kier alpha value is -5.64. The predicted octanol–water partition coefficient (Wildman–Crippen LogP) is 10.2. The summed E-state index contributed by atoms with van der Waals surface area (Å²) < 4.78 is 4.91. The van der Waals surface area contributed by atoms with Gasteiger partial charge in [0.1, 0.15) is 0 Å². The molecule has 2 heterocycles. The summed E-state index contributed by atoms with van der Waals surface area (Å²) >= 11 is 0. The van der Waals surface area contributed by atoms with Crippen molar-refractivity contribution < 1.29 is 0 Å². The molecule has 9 aromatic rings. The van der Waals surface area contributed by atoms with Crippen LogP contribution >= 0.6 is 0 Å². The number of benzene rings is 7. The fourth-order valence-electron chi connectivity index (χ4n) is 8.69. The van der Waals surface area contributed by atoms with E-state index in [1.54, 1.807) is 0 Å². The van der Waals surface area contributed by atoms with Crippen LogP contribution in [0.5, 0.6) is 0 Å². The Kier molecular flexibility index (Phi) is 6.75. The van der Waals surface area contributed by atoms with Crippen molar-refractivity contribution in [2.75, 3.05) is 0 Å². The quantitative estimate of drug-likeness (QED) is 0.130. The normalized spacial score (nSPS) is 12.4. The molecule has 0 aliphatic rings. The zero-order valence-corrected chi connectivity index (χ0v) is 29.1.